The minimum absolute atomic E-state index is 0.984. The van der Waals surface area contributed by atoms with E-state index >= 15 is 0 Å². The predicted octanol–water partition coefficient (Wildman–Crippen LogP) is 1.94. The van der Waals surface area contributed by atoms with Crippen LogP contribution >= 0.6 is 0 Å². The van der Waals surface area contributed by atoms with Crippen molar-refractivity contribution < 1.29 is 9.22 Å². The standard InChI is InChI=1S/C12H20NO/c1-13(2,3)10-9-11-7-5-6-8-12(11)14-4/h5-8H,9-10H2,1-4H3/q+1. The van der Waals surface area contributed by atoms with Crippen molar-refractivity contribution in [3.63, 3.8) is 0 Å². The van der Waals surface area contributed by atoms with Crippen LogP contribution in [-0.2, 0) is 6.42 Å². The monoisotopic (exact) mass is 194 g/mol. The fourth-order valence-electron chi connectivity index (χ4n) is 1.37. The Labute approximate surface area is 86.7 Å². The third-order valence-electron chi connectivity index (χ3n) is 2.24. The summed E-state index contributed by atoms with van der Waals surface area (Å²) in [6.45, 7) is 1.13. The van der Waals surface area contributed by atoms with Crippen molar-refractivity contribution in [1.29, 1.82) is 0 Å². The molecule has 0 fully saturated rings. The van der Waals surface area contributed by atoms with E-state index in [-0.39, 0.29) is 0 Å². The maximum absolute atomic E-state index is 5.30. The first kappa shape index (κ1) is 11.1. The van der Waals surface area contributed by atoms with Crippen LogP contribution in [0.3, 0.4) is 0 Å². The lowest BCUT2D eigenvalue weighted by Gasteiger charge is -2.24. The molecule has 0 radical (unpaired) electrons. The topological polar surface area (TPSA) is 9.23 Å². The molecule has 0 bridgehead atoms. The molecule has 1 aromatic carbocycles. The molecule has 0 amide bonds. The maximum Gasteiger partial charge on any atom is 0.122 e. The first-order valence-corrected chi connectivity index (χ1v) is 4.95. The Morgan fingerprint density at radius 1 is 1.14 bits per heavy atom. The summed E-state index contributed by atoms with van der Waals surface area (Å²) >= 11 is 0. The Bertz CT molecular complexity index is 289. The smallest absolute Gasteiger partial charge is 0.122 e. The van der Waals surface area contributed by atoms with Crippen LogP contribution in [0.1, 0.15) is 5.56 Å². The summed E-state index contributed by atoms with van der Waals surface area (Å²) in [6.07, 6.45) is 1.06. The number of hydrogen-bond donors (Lipinski definition) is 0. The Kier molecular flexibility index (Phi) is 3.53. The van der Waals surface area contributed by atoms with Gasteiger partial charge in [0.1, 0.15) is 5.75 Å². The Morgan fingerprint density at radius 2 is 1.79 bits per heavy atom. The zero-order chi connectivity index (χ0) is 10.6. The molecule has 0 aliphatic carbocycles. The molecule has 2 heteroatoms. The Morgan fingerprint density at radius 3 is 2.36 bits per heavy atom. The van der Waals surface area contributed by atoms with E-state index in [4.69, 9.17) is 4.74 Å². The van der Waals surface area contributed by atoms with Crippen molar-refractivity contribution in [3.05, 3.63) is 29.8 Å². The second-order valence-electron chi connectivity index (χ2n) is 4.58. The van der Waals surface area contributed by atoms with Gasteiger partial charge in [-0.15, -0.1) is 0 Å². The number of nitrogens with zero attached hydrogens (tertiary/aromatic N) is 1. The van der Waals surface area contributed by atoms with E-state index in [0.29, 0.717) is 0 Å². The first-order chi connectivity index (χ1) is 6.53. The molecule has 0 spiro atoms. The van der Waals surface area contributed by atoms with Gasteiger partial charge in [0.2, 0.25) is 0 Å². The lowest BCUT2D eigenvalue weighted by Crippen LogP contribution is -2.36. The molecule has 0 N–H and O–H groups in total. The summed E-state index contributed by atoms with van der Waals surface area (Å²) in [4.78, 5) is 0. The highest BCUT2D eigenvalue weighted by Crippen LogP contribution is 2.18. The van der Waals surface area contributed by atoms with Crippen LogP contribution in [-0.4, -0.2) is 39.3 Å². The molecule has 0 saturated heterocycles. The zero-order valence-electron chi connectivity index (χ0n) is 9.58. The number of ether oxygens (including phenoxy) is 1. The van der Waals surface area contributed by atoms with E-state index in [9.17, 15) is 0 Å². The molecule has 0 atom stereocenters. The number of methoxy groups -OCH3 is 1. The largest absolute Gasteiger partial charge is 0.496 e. The lowest BCUT2D eigenvalue weighted by atomic mass is 10.1. The third-order valence-corrected chi connectivity index (χ3v) is 2.24. The Hall–Kier alpha value is -1.02. The van der Waals surface area contributed by atoms with Crippen molar-refractivity contribution >= 4 is 0 Å². The molecular weight excluding hydrogens is 174 g/mol. The van der Waals surface area contributed by atoms with Crippen LogP contribution in [0.4, 0.5) is 0 Å². The van der Waals surface area contributed by atoms with Crippen molar-refractivity contribution in [1.82, 2.24) is 0 Å². The van der Waals surface area contributed by atoms with Gasteiger partial charge in [0.05, 0.1) is 34.8 Å². The fraction of sp³-hybridized carbons (Fsp3) is 0.500. The SMILES string of the molecule is COc1ccccc1CC[N+](C)(C)C. The predicted molar refractivity (Wildman–Crippen MR) is 59.6 cm³/mol. The van der Waals surface area contributed by atoms with Crippen LogP contribution < -0.4 is 4.74 Å². The van der Waals surface area contributed by atoms with E-state index in [1.165, 1.54) is 5.56 Å². The van der Waals surface area contributed by atoms with Crippen LogP contribution in [0, 0.1) is 0 Å². The molecule has 0 heterocycles. The number of likely N-dealkylation sites (N-methyl/N-ethyl adjacent to an activating group) is 1. The molecular formula is C12H20NO+. The van der Waals surface area contributed by atoms with Gasteiger partial charge in [-0.05, 0) is 11.6 Å². The van der Waals surface area contributed by atoms with Gasteiger partial charge in [-0.25, -0.2) is 0 Å². The van der Waals surface area contributed by atoms with Crippen LogP contribution in [0.15, 0.2) is 24.3 Å². The molecule has 14 heavy (non-hydrogen) atoms. The number of rotatable bonds is 4. The summed E-state index contributed by atoms with van der Waals surface area (Å²) in [5.41, 5.74) is 1.29. The number of quaternary nitrogens is 1. The zero-order valence-corrected chi connectivity index (χ0v) is 9.58. The normalized spacial score (nSPS) is 11.4. The van der Waals surface area contributed by atoms with Crippen molar-refractivity contribution in [3.8, 4) is 5.75 Å². The third kappa shape index (κ3) is 3.38. The molecule has 1 rings (SSSR count). The van der Waals surface area contributed by atoms with Gasteiger partial charge < -0.3 is 9.22 Å². The number of para-hydroxylation sites is 1. The van der Waals surface area contributed by atoms with Crippen LogP contribution in [0.5, 0.6) is 5.75 Å². The van der Waals surface area contributed by atoms with E-state index in [2.05, 4.69) is 33.3 Å². The summed E-state index contributed by atoms with van der Waals surface area (Å²) in [5, 5.41) is 0. The lowest BCUT2D eigenvalue weighted by molar-refractivity contribution is -0.870. The quantitative estimate of drug-likeness (QED) is 0.666. The summed E-state index contributed by atoms with van der Waals surface area (Å²) in [7, 11) is 8.34. The van der Waals surface area contributed by atoms with Gasteiger partial charge in [-0.3, -0.25) is 0 Å². The maximum atomic E-state index is 5.30. The molecule has 0 aromatic heterocycles. The van der Waals surface area contributed by atoms with Gasteiger partial charge in [0.15, 0.2) is 0 Å². The summed E-state index contributed by atoms with van der Waals surface area (Å²) in [6, 6.07) is 8.22. The highest BCUT2D eigenvalue weighted by atomic mass is 16.5. The van der Waals surface area contributed by atoms with Gasteiger partial charge in [-0.1, -0.05) is 18.2 Å². The second kappa shape index (κ2) is 4.47. The average Bonchev–Trinajstić information content (AvgIpc) is 2.14. The van der Waals surface area contributed by atoms with Crippen molar-refractivity contribution in [2.45, 2.75) is 6.42 Å². The van der Waals surface area contributed by atoms with Crippen molar-refractivity contribution in [2.75, 3.05) is 34.8 Å². The molecule has 2 nitrogen and oxygen atoms in total. The van der Waals surface area contributed by atoms with Gasteiger partial charge in [0.25, 0.3) is 0 Å². The number of benzene rings is 1. The summed E-state index contributed by atoms with van der Waals surface area (Å²) < 4.78 is 6.29. The van der Waals surface area contributed by atoms with Crippen LogP contribution in [0.25, 0.3) is 0 Å². The van der Waals surface area contributed by atoms with E-state index in [0.717, 1.165) is 23.2 Å². The molecule has 0 unspecified atom stereocenters. The number of hydrogen-bond acceptors (Lipinski definition) is 1. The summed E-state index contributed by atoms with van der Waals surface area (Å²) in [5.74, 6) is 1.00. The van der Waals surface area contributed by atoms with Crippen LogP contribution in [0.2, 0.25) is 0 Å². The average molecular weight is 194 g/mol. The highest BCUT2D eigenvalue weighted by molar-refractivity contribution is 5.33. The molecule has 0 saturated carbocycles. The van der Waals surface area contributed by atoms with Gasteiger partial charge in [-0.2, -0.15) is 0 Å². The minimum Gasteiger partial charge on any atom is -0.496 e. The Balaban J connectivity index is 2.67. The second-order valence-corrected chi connectivity index (χ2v) is 4.58. The molecule has 0 aliphatic heterocycles. The molecule has 78 valence electrons. The minimum atomic E-state index is 0.984. The van der Waals surface area contributed by atoms with E-state index in [1.54, 1.807) is 7.11 Å². The van der Waals surface area contributed by atoms with Gasteiger partial charge >= 0.3 is 0 Å². The van der Waals surface area contributed by atoms with Crippen molar-refractivity contribution in [2.24, 2.45) is 0 Å². The van der Waals surface area contributed by atoms with Gasteiger partial charge in [0, 0.05) is 6.42 Å². The first-order valence-electron chi connectivity index (χ1n) is 4.95. The van der Waals surface area contributed by atoms with E-state index in [1.807, 2.05) is 12.1 Å². The highest BCUT2D eigenvalue weighted by Gasteiger charge is 2.09. The molecule has 0 aliphatic rings. The fourth-order valence-corrected chi connectivity index (χ4v) is 1.37. The van der Waals surface area contributed by atoms with E-state index < -0.39 is 0 Å². The molecule has 1 aromatic rings.